The molecule has 7 nitrogen and oxygen atoms in total. The monoisotopic (exact) mass is 488 g/mol. The van der Waals surface area contributed by atoms with Gasteiger partial charge in [0.1, 0.15) is 16.8 Å². The average molecular weight is 488 g/mol. The number of nitrogens with zero attached hydrogens (tertiary/aromatic N) is 3. The normalized spacial score (nSPS) is 12.1. The lowest BCUT2D eigenvalue weighted by Gasteiger charge is -2.17. The molecule has 0 bridgehead atoms. The van der Waals surface area contributed by atoms with Gasteiger partial charge in [-0.2, -0.15) is 22.0 Å². The molecule has 0 atom stereocenters. The van der Waals surface area contributed by atoms with Crippen molar-refractivity contribution in [3.8, 4) is 22.6 Å². The molecule has 5 rings (SSSR count). The minimum absolute atomic E-state index is 0.0315. The Morgan fingerprint density at radius 1 is 1.03 bits per heavy atom. The molecule has 0 aliphatic carbocycles. The predicted octanol–water partition coefficient (Wildman–Crippen LogP) is 5.40. The van der Waals surface area contributed by atoms with Crippen LogP contribution in [-0.4, -0.2) is 21.1 Å². The van der Waals surface area contributed by atoms with Crippen LogP contribution in [0, 0.1) is 0 Å². The van der Waals surface area contributed by atoms with Crippen LogP contribution in [0.4, 0.5) is 27.6 Å². The quantitative estimate of drug-likeness (QED) is 0.341. The van der Waals surface area contributed by atoms with Crippen LogP contribution in [0.5, 0.6) is 5.75 Å². The molecule has 0 fully saturated rings. The summed E-state index contributed by atoms with van der Waals surface area (Å²) < 4.78 is 75.9. The fourth-order valence-corrected chi connectivity index (χ4v) is 3.76. The molecule has 0 aliphatic heterocycles. The molecule has 0 amide bonds. The van der Waals surface area contributed by atoms with E-state index >= 15 is 0 Å². The van der Waals surface area contributed by atoms with E-state index in [0.717, 1.165) is 22.8 Å². The van der Waals surface area contributed by atoms with E-state index in [2.05, 4.69) is 14.7 Å². The maximum atomic E-state index is 13.7. The summed E-state index contributed by atoms with van der Waals surface area (Å²) in [6.45, 7) is -3.07. The Morgan fingerprint density at radius 3 is 2.46 bits per heavy atom. The fraction of sp³-hybridized carbons (Fsp3) is 0.0870. The number of hydrogen-bond acceptors (Lipinski definition) is 6. The van der Waals surface area contributed by atoms with Crippen LogP contribution in [0.15, 0.2) is 70.3 Å². The van der Waals surface area contributed by atoms with Crippen LogP contribution < -0.4 is 16.0 Å². The van der Waals surface area contributed by atoms with Gasteiger partial charge in [0.2, 0.25) is 0 Å². The van der Waals surface area contributed by atoms with Crippen molar-refractivity contribution in [1.82, 2.24) is 14.5 Å². The summed E-state index contributed by atoms with van der Waals surface area (Å²) in [5.41, 5.74) is 5.27. The van der Waals surface area contributed by atoms with Crippen LogP contribution in [0.1, 0.15) is 5.56 Å². The van der Waals surface area contributed by atoms with Crippen molar-refractivity contribution in [2.24, 2.45) is 0 Å². The molecular formula is C23H13F5N4O3. The standard InChI is InChI=1S/C23H13F5N4O3/c24-22(25)35-14-4-2-13(3-5-14)32-16-8-12(23(26,27)28)9-30-20(16)19(29)18(21(32)33)11-1-6-15-17(7-11)34-10-31-15/h1-10,22H,29H2. The second kappa shape index (κ2) is 8.08. The van der Waals surface area contributed by atoms with Gasteiger partial charge in [0.15, 0.2) is 12.0 Å². The molecule has 0 saturated carbocycles. The summed E-state index contributed by atoms with van der Waals surface area (Å²) in [6.07, 6.45) is -2.89. The zero-order valence-corrected chi connectivity index (χ0v) is 17.4. The second-order valence-corrected chi connectivity index (χ2v) is 7.43. The second-order valence-electron chi connectivity index (χ2n) is 7.43. The molecule has 3 aromatic heterocycles. The van der Waals surface area contributed by atoms with Gasteiger partial charge in [-0.1, -0.05) is 6.07 Å². The topological polar surface area (TPSA) is 96.2 Å². The lowest BCUT2D eigenvalue weighted by Crippen LogP contribution is -2.23. The van der Waals surface area contributed by atoms with Crippen molar-refractivity contribution in [2.75, 3.05) is 5.73 Å². The van der Waals surface area contributed by atoms with E-state index in [1.165, 1.54) is 24.6 Å². The maximum absolute atomic E-state index is 13.7. The highest BCUT2D eigenvalue weighted by atomic mass is 19.4. The number of rotatable bonds is 4. The maximum Gasteiger partial charge on any atom is 0.417 e. The van der Waals surface area contributed by atoms with Gasteiger partial charge in [-0.15, -0.1) is 0 Å². The third kappa shape index (κ3) is 3.92. The summed E-state index contributed by atoms with van der Waals surface area (Å²) in [7, 11) is 0. The van der Waals surface area contributed by atoms with Gasteiger partial charge in [0.05, 0.1) is 22.3 Å². The third-order valence-electron chi connectivity index (χ3n) is 5.32. The van der Waals surface area contributed by atoms with E-state index < -0.39 is 23.9 Å². The molecule has 2 aromatic carbocycles. The SMILES string of the molecule is Nc1c(-c2ccc3ncoc3c2)c(=O)n(-c2ccc(OC(F)F)cc2)c2cc(C(F)(F)F)cnc12. The van der Waals surface area contributed by atoms with Crippen molar-refractivity contribution in [3.05, 3.63) is 77.0 Å². The van der Waals surface area contributed by atoms with Crippen LogP contribution in [0.2, 0.25) is 0 Å². The van der Waals surface area contributed by atoms with Crippen LogP contribution in [0.25, 0.3) is 38.9 Å². The van der Waals surface area contributed by atoms with Gasteiger partial charge < -0.3 is 14.9 Å². The number of nitrogen functional groups attached to an aromatic ring is 1. The van der Waals surface area contributed by atoms with Gasteiger partial charge >= 0.3 is 12.8 Å². The molecule has 0 unspecified atom stereocenters. The Bertz CT molecular complexity index is 1630. The first kappa shape index (κ1) is 22.3. The van der Waals surface area contributed by atoms with Crippen molar-refractivity contribution in [2.45, 2.75) is 12.8 Å². The largest absolute Gasteiger partial charge is 0.443 e. The molecule has 12 heteroatoms. The van der Waals surface area contributed by atoms with Crippen LogP contribution >= 0.6 is 0 Å². The van der Waals surface area contributed by atoms with Crippen molar-refractivity contribution in [1.29, 1.82) is 0 Å². The van der Waals surface area contributed by atoms with Crippen LogP contribution in [-0.2, 0) is 6.18 Å². The van der Waals surface area contributed by atoms with Gasteiger partial charge in [0.25, 0.3) is 5.56 Å². The molecule has 0 saturated heterocycles. The van der Waals surface area contributed by atoms with E-state index in [-0.39, 0.29) is 33.7 Å². The molecule has 0 spiro atoms. The minimum Gasteiger partial charge on any atom is -0.443 e. The molecule has 5 aromatic rings. The van der Waals surface area contributed by atoms with E-state index in [9.17, 15) is 26.7 Å². The Morgan fingerprint density at radius 2 is 1.77 bits per heavy atom. The van der Waals surface area contributed by atoms with Crippen molar-refractivity contribution < 1.29 is 31.1 Å². The average Bonchev–Trinajstić information content (AvgIpc) is 3.27. The molecule has 0 aliphatic rings. The number of hydrogen-bond donors (Lipinski definition) is 1. The number of aromatic nitrogens is 3. The van der Waals surface area contributed by atoms with E-state index in [4.69, 9.17) is 10.2 Å². The molecule has 35 heavy (non-hydrogen) atoms. The highest BCUT2D eigenvalue weighted by molar-refractivity contribution is 5.97. The first-order valence-electron chi connectivity index (χ1n) is 9.94. The Kier molecular flexibility index (Phi) is 5.15. The summed E-state index contributed by atoms with van der Waals surface area (Å²) in [5, 5.41) is 0. The number of oxazole rings is 1. The Balaban J connectivity index is 1.82. The van der Waals surface area contributed by atoms with Gasteiger partial charge in [-0.3, -0.25) is 14.3 Å². The molecular weight excluding hydrogens is 475 g/mol. The van der Waals surface area contributed by atoms with Gasteiger partial charge in [-0.05, 0) is 48.0 Å². The summed E-state index contributed by atoms with van der Waals surface area (Å²) in [6, 6.07) is 10.3. The van der Waals surface area contributed by atoms with Crippen molar-refractivity contribution >= 4 is 27.8 Å². The number of halogens is 5. The first-order chi connectivity index (χ1) is 16.6. The number of anilines is 1. The summed E-state index contributed by atoms with van der Waals surface area (Å²) in [4.78, 5) is 21.6. The molecule has 2 N–H and O–H groups in total. The molecule has 0 radical (unpaired) electrons. The summed E-state index contributed by atoms with van der Waals surface area (Å²) >= 11 is 0. The highest BCUT2D eigenvalue weighted by Gasteiger charge is 2.32. The highest BCUT2D eigenvalue weighted by Crippen LogP contribution is 2.35. The number of alkyl halides is 5. The molecule has 178 valence electrons. The first-order valence-corrected chi connectivity index (χ1v) is 9.94. The zero-order chi connectivity index (χ0) is 24.9. The number of fused-ring (bicyclic) bond motifs is 2. The fourth-order valence-electron chi connectivity index (χ4n) is 3.76. The van der Waals surface area contributed by atoms with E-state index in [1.54, 1.807) is 12.1 Å². The summed E-state index contributed by atoms with van der Waals surface area (Å²) in [5.74, 6) is -0.193. The lowest BCUT2D eigenvalue weighted by atomic mass is 10.0. The lowest BCUT2D eigenvalue weighted by molar-refractivity contribution is -0.137. The Hall–Kier alpha value is -4.48. The van der Waals surface area contributed by atoms with Gasteiger partial charge in [0, 0.05) is 11.9 Å². The minimum atomic E-state index is -4.73. The molecule has 3 heterocycles. The number of ether oxygens (including phenoxy) is 1. The number of pyridine rings is 2. The van der Waals surface area contributed by atoms with Crippen LogP contribution in [0.3, 0.4) is 0 Å². The zero-order valence-electron chi connectivity index (χ0n) is 17.4. The van der Waals surface area contributed by atoms with E-state index in [0.29, 0.717) is 22.9 Å². The number of nitrogens with two attached hydrogens (primary N) is 1. The third-order valence-corrected chi connectivity index (χ3v) is 5.32. The Labute approximate surface area is 192 Å². The van der Waals surface area contributed by atoms with Crippen molar-refractivity contribution in [3.63, 3.8) is 0 Å². The predicted molar refractivity (Wildman–Crippen MR) is 116 cm³/mol. The van der Waals surface area contributed by atoms with E-state index in [1.807, 2.05) is 0 Å². The smallest absolute Gasteiger partial charge is 0.417 e. The van der Waals surface area contributed by atoms with Gasteiger partial charge in [-0.25, -0.2) is 4.98 Å². The number of benzene rings is 2.